The lowest BCUT2D eigenvalue weighted by Crippen LogP contribution is -2.22. The summed E-state index contributed by atoms with van der Waals surface area (Å²) >= 11 is 9.39. The molecule has 2 aromatic carbocycles. The van der Waals surface area contributed by atoms with Gasteiger partial charge in [-0.2, -0.15) is 15.0 Å². The minimum absolute atomic E-state index is 0.0848. The van der Waals surface area contributed by atoms with Gasteiger partial charge in [0.2, 0.25) is 5.75 Å². The Kier molecular flexibility index (Phi) is 7.56. The highest BCUT2D eigenvalue weighted by Gasteiger charge is 2.21. The predicted molar refractivity (Wildman–Crippen MR) is 125 cm³/mol. The van der Waals surface area contributed by atoms with Crippen LogP contribution in [0.25, 0.3) is 10.9 Å². The molecule has 0 fully saturated rings. The van der Waals surface area contributed by atoms with Crippen LogP contribution < -0.4 is 10.3 Å². The van der Waals surface area contributed by atoms with E-state index in [1.54, 1.807) is 24.3 Å². The van der Waals surface area contributed by atoms with Gasteiger partial charge in [0.05, 0.1) is 22.0 Å². The van der Waals surface area contributed by atoms with Gasteiger partial charge in [-0.05, 0) is 30.7 Å². The number of benzene rings is 2. The van der Waals surface area contributed by atoms with Crippen molar-refractivity contribution in [2.24, 2.45) is 5.10 Å². The van der Waals surface area contributed by atoms with Gasteiger partial charge in [0, 0.05) is 27.5 Å². The molecule has 0 amide bonds. The zero-order chi connectivity index (χ0) is 23.3. The average Bonchev–Trinajstić information content (AvgIpc) is 2.76. The molecule has 32 heavy (non-hydrogen) atoms. The number of aryl methyl sites for hydroxylation is 1. The van der Waals surface area contributed by atoms with E-state index in [1.165, 1.54) is 17.0 Å². The number of rotatable bonds is 8. The van der Waals surface area contributed by atoms with Crippen molar-refractivity contribution in [2.45, 2.75) is 26.2 Å². The topological polar surface area (TPSA) is 123 Å². The molecule has 3 rings (SSSR count). The fourth-order valence-corrected chi connectivity index (χ4v) is 3.61. The van der Waals surface area contributed by atoms with Crippen molar-refractivity contribution >= 4 is 50.3 Å². The zero-order valence-corrected chi connectivity index (χ0v) is 19.3. The molecule has 9 nitrogen and oxygen atoms in total. The average molecular weight is 519 g/mol. The number of nitro benzene ring substituents is 1. The lowest BCUT2D eigenvalue weighted by atomic mass is 10.2. The van der Waals surface area contributed by atoms with Gasteiger partial charge in [-0.15, -0.1) is 0 Å². The van der Waals surface area contributed by atoms with Crippen LogP contribution in [0.15, 0.2) is 44.7 Å². The molecule has 0 saturated carbocycles. The molecular weight excluding hydrogens is 502 g/mol. The molecule has 0 bridgehead atoms. The van der Waals surface area contributed by atoms with Gasteiger partial charge in [0.15, 0.2) is 6.61 Å². The second kappa shape index (κ2) is 10.3. The van der Waals surface area contributed by atoms with Crippen LogP contribution in [0.1, 0.15) is 31.2 Å². The summed E-state index contributed by atoms with van der Waals surface area (Å²) in [5.74, 6) is 0.295. The van der Waals surface area contributed by atoms with Crippen molar-refractivity contribution < 1.29 is 9.66 Å². The molecule has 0 saturated heterocycles. The second-order valence-electron chi connectivity index (χ2n) is 6.70. The number of aromatic nitrogens is 2. The van der Waals surface area contributed by atoms with E-state index in [0.717, 1.165) is 23.4 Å². The number of fused-ring (bicyclic) bond motifs is 1. The van der Waals surface area contributed by atoms with E-state index < -0.39 is 17.2 Å². The largest absolute Gasteiger partial charge is 0.471 e. The Morgan fingerprint density at radius 2 is 2.19 bits per heavy atom. The van der Waals surface area contributed by atoms with Crippen LogP contribution >= 0.6 is 27.5 Å². The highest BCUT2D eigenvalue weighted by atomic mass is 79.9. The molecule has 0 aliphatic heterocycles. The fourth-order valence-electron chi connectivity index (χ4n) is 3.02. The van der Waals surface area contributed by atoms with Gasteiger partial charge in [0.25, 0.3) is 5.56 Å². The van der Waals surface area contributed by atoms with E-state index in [1.807, 2.05) is 6.92 Å². The molecule has 0 aliphatic rings. The number of hydrogen-bond acceptors (Lipinski definition) is 7. The Bertz CT molecular complexity index is 1320. The summed E-state index contributed by atoms with van der Waals surface area (Å²) in [5, 5.41) is 25.0. The number of halogens is 2. The third-order valence-electron chi connectivity index (χ3n) is 4.48. The molecule has 164 valence electrons. The third-order valence-corrected chi connectivity index (χ3v) is 5.19. The summed E-state index contributed by atoms with van der Waals surface area (Å²) in [7, 11) is 0. The lowest BCUT2D eigenvalue weighted by Gasteiger charge is -2.10. The smallest absolute Gasteiger partial charge is 0.313 e. The van der Waals surface area contributed by atoms with Crippen LogP contribution in [0.2, 0.25) is 5.02 Å². The number of nitriles is 1. The normalized spacial score (nSPS) is 11.1. The molecular formula is C21H17BrClN5O4. The molecule has 11 heteroatoms. The molecule has 0 aliphatic carbocycles. The molecule has 0 N–H and O–H groups in total. The molecule has 0 unspecified atom stereocenters. The van der Waals surface area contributed by atoms with E-state index >= 15 is 0 Å². The van der Waals surface area contributed by atoms with Crippen molar-refractivity contribution in [3.8, 4) is 11.8 Å². The summed E-state index contributed by atoms with van der Waals surface area (Å²) in [6.45, 7) is 1.62. The van der Waals surface area contributed by atoms with Crippen LogP contribution in [-0.4, -0.2) is 27.4 Å². The van der Waals surface area contributed by atoms with Gasteiger partial charge < -0.3 is 4.74 Å². The highest BCUT2D eigenvalue weighted by molar-refractivity contribution is 9.10. The Labute approximate surface area is 196 Å². The standard InChI is InChI=1S/C21H17BrClN5O4/c1-2-3-4-19-26-17-6-5-14(22)10-16(17)21(29)27(19)25-12-13-9-15(23)11-18(28(30)31)20(13)32-8-7-24/h5-6,9-12H,2-4,8H2,1H3. The zero-order valence-electron chi connectivity index (χ0n) is 16.9. The molecule has 1 heterocycles. The van der Waals surface area contributed by atoms with Gasteiger partial charge in [-0.3, -0.25) is 14.9 Å². The van der Waals surface area contributed by atoms with Crippen molar-refractivity contribution in [1.82, 2.24) is 9.66 Å². The Morgan fingerprint density at radius 1 is 1.41 bits per heavy atom. The van der Waals surface area contributed by atoms with E-state index in [0.29, 0.717) is 23.1 Å². The van der Waals surface area contributed by atoms with Crippen LogP contribution in [-0.2, 0) is 6.42 Å². The second-order valence-corrected chi connectivity index (χ2v) is 8.05. The van der Waals surface area contributed by atoms with E-state index in [4.69, 9.17) is 21.6 Å². The maximum atomic E-state index is 13.2. The minimum Gasteiger partial charge on any atom is -0.471 e. The SMILES string of the molecule is CCCCc1nc2ccc(Br)cc2c(=O)n1N=Cc1cc(Cl)cc([N+](=O)[O-])c1OCC#N. The van der Waals surface area contributed by atoms with Gasteiger partial charge in [-0.1, -0.05) is 40.9 Å². The van der Waals surface area contributed by atoms with Crippen LogP contribution in [0.3, 0.4) is 0 Å². The number of hydrogen-bond donors (Lipinski definition) is 0. The predicted octanol–water partition coefficient (Wildman–Crippen LogP) is 4.85. The number of nitro groups is 1. The van der Waals surface area contributed by atoms with Crippen LogP contribution in [0, 0.1) is 21.4 Å². The Balaban J connectivity index is 2.19. The first-order valence-electron chi connectivity index (χ1n) is 9.59. The minimum atomic E-state index is -0.663. The molecule has 3 aromatic rings. The fraction of sp³-hybridized carbons (Fsp3) is 0.238. The van der Waals surface area contributed by atoms with E-state index in [9.17, 15) is 14.9 Å². The first kappa shape index (κ1) is 23.4. The third kappa shape index (κ3) is 5.12. The van der Waals surface area contributed by atoms with Gasteiger partial charge in [-0.25, -0.2) is 4.98 Å². The van der Waals surface area contributed by atoms with Crippen molar-refractivity contribution in [3.63, 3.8) is 0 Å². The number of nitrogens with zero attached hydrogens (tertiary/aromatic N) is 5. The summed E-state index contributed by atoms with van der Waals surface area (Å²) in [6, 6.07) is 9.52. The maximum absolute atomic E-state index is 13.2. The van der Waals surface area contributed by atoms with Gasteiger partial charge in [0.1, 0.15) is 11.9 Å². The monoisotopic (exact) mass is 517 g/mol. The van der Waals surface area contributed by atoms with Crippen molar-refractivity contribution in [3.05, 3.63) is 71.7 Å². The van der Waals surface area contributed by atoms with Crippen LogP contribution in [0.5, 0.6) is 5.75 Å². The maximum Gasteiger partial charge on any atom is 0.313 e. The molecule has 0 atom stereocenters. The van der Waals surface area contributed by atoms with Crippen molar-refractivity contribution in [2.75, 3.05) is 6.61 Å². The van der Waals surface area contributed by atoms with Crippen molar-refractivity contribution in [1.29, 1.82) is 5.26 Å². The highest BCUT2D eigenvalue weighted by Crippen LogP contribution is 2.33. The summed E-state index contributed by atoms with van der Waals surface area (Å²) in [4.78, 5) is 28.5. The first-order chi connectivity index (χ1) is 15.3. The van der Waals surface area contributed by atoms with Gasteiger partial charge >= 0.3 is 5.69 Å². The summed E-state index contributed by atoms with van der Waals surface area (Å²) < 4.78 is 7.16. The van der Waals surface area contributed by atoms with Crippen LogP contribution in [0.4, 0.5) is 5.69 Å². The summed E-state index contributed by atoms with van der Waals surface area (Å²) in [5.41, 5.74) is -0.0858. The Hall–Kier alpha value is -3.29. The van der Waals surface area contributed by atoms with E-state index in [2.05, 4.69) is 26.0 Å². The molecule has 0 radical (unpaired) electrons. The molecule has 0 spiro atoms. The molecule has 1 aromatic heterocycles. The summed E-state index contributed by atoms with van der Waals surface area (Å²) in [6.07, 6.45) is 3.45. The van der Waals surface area contributed by atoms with E-state index in [-0.39, 0.29) is 21.9 Å². The quantitative estimate of drug-likeness (QED) is 0.239. The number of ether oxygens (including phenoxy) is 1. The first-order valence-corrected chi connectivity index (χ1v) is 10.8. The number of unbranched alkanes of at least 4 members (excludes halogenated alkanes) is 1. The Morgan fingerprint density at radius 3 is 2.88 bits per heavy atom. The lowest BCUT2D eigenvalue weighted by molar-refractivity contribution is -0.385.